The lowest BCUT2D eigenvalue weighted by Crippen LogP contribution is -2.53. The van der Waals surface area contributed by atoms with Gasteiger partial charge < -0.3 is 4.90 Å². The monoisotopic (exact) mass is 394 g/mol. The summed E-state index contributed by atoms with van der Waals surface area (Å²) in [6.45, 7) is 5.37. The molecule has 1 fully saturated rings. The number of carbonyl (C=O) groups excluding carboxylic acids is 1. The van der Waals surface area contributed by atoms with Gasteiger partial charge in [-0.05, 0) is 36.8 Å². The summed E-state index contributed by atoms with van der Waals surface area (Å²) >= 11 is 0. The van der Waals surface area contributed by atoms with Gasteiger partial charge in [0.1, 0.15) is 5.82 Å². The molecule has 1 saturated heterocycles. The molecule has 0 N–H and O–H groups in total. The summed E-state index contributed by atoms with van der Waals surface area (Å²) in [7, 11) is 0. The van der Waals surface area contributed by atoms with Crippen LogP contribution in [0.2, 0.25) is 0 Å². The molecular formula is C21H23FN6O. The largest absolute Gasteiger partial charge is 0.332 e. The summed E-state index contributed by atoms with van der Waals surface area (Å²) in [4.78, 5) is 21.4. The highest BCUT2D eigenvalue weighted by atomic mass is 19.1. The summed E-state index contributed by atoms with van der Waals surface area (Å²) in [5, 5.41) is 8.07. The number of carbonyl (C=O) groups is 1. The number of pyridine rings is 1. The van der Waals surface area contributed by atoms with Crippen LogP contribution in [0, 0.1) is 5.82 Å². The lowest BCUT2D eigenvalue weighted by atomic mass is 10.1. The first-order valence-electron chi connectivity index (χ1n) is 9.66. The quantitative estimate of drug-likeness (QED) is 0.664. The molecule has 3 aromatic rings. The highest BCUT2D eigenvalue weighted by Crippen LogP contribution is 2.15. The fourth-order valence-corrected chi connectivity index (χ4v) is 3.64. The minimum atomic E-state index is -0.295. The Morgan fingerprint density at radius 1 is 1.17 bits per heavy atom. The van der Waals surface area contributed by atoms with Crippen LogP contribution in [0.25, 0.3) is 0 Å². The molecule has 0 spiro atoms. The molecule has 3 heterocycles. The number of aromatic nitrogens is 4. The number of rotatable bonds is 5. The van der Waals surface area contributed by atoms with E-state index in [0.29, 0.717) is 18.8 Å². The van der Waals surface area contributed by atoms with Crippen molar-refractivity contribution in [2.75, 3.05) is 19.6 Å². The zero-order valence-electron chi connectivity index (χ0n) is 16.3. The van der Waals surface area contributed by atoms with Gasteiger partial charge in [0.15, 0.2) is 5.69 Å². The maximum absolute atomic E-state index is 13.3. The van der Waals surface area contributed by atoms with Crippen LogP contribution in [0.3, 0.4) is 0 Å². The van der Waals surface area contributed by atoms with Gasteiger partial charge in [0.2, 0.25) is 0 Å². The van der Waals surface area contributed by atoms with Gasteiger partial charge >= 0.3 is 0 Å². The van der Waals surface area contributed by atoms with Crippen LogP contribution in [-0.2, 0) is 13.1 Å². The molecule has 1 aliphatic heterocycles. The third-order valence-electron chi connectivity index (χ3n) is 5.08. The van der Waals surface area contributed by atoms with Crippen molar-refractivity contribution in [1.82, 2.24) is 29.8 Å². The highest BCUT2D eigenvalue weighted by Gasteiger charge is 2.29. The summed E-state index contributed by atoms with van der Waals surface area (Å²) in [5.41, 5.74) is 2.11. The molecule has 0 bridgehead atoms. The van der Waals surface area contributed by atoms with Crippen molar-refractivity contribution in [3.63, 3.8) is 0 Å². The summed E-state index contributed by atoms with van der Waals surface area (Å²) in [5.74, 6) is -0.420. The Bertz CT molecular complexity index is 976. The van der Waals surface area contributed by atoms with Gasteiger partial charge in [-0.3, -0.25) is 14.7 Å². The molecule has 4 rings (SSSR count). The molecule has 2 aromatic heterocycles. The van der Waals surface area contributed by atoms with Crippen molar-refractivity contribution >= 4 is 5.91 Å². The zero-order valence-corrected chi connectivity index (χ0v) is 16.3. The Labute approximate surface area is 168 Å². The fraction of sp³-hybridized carbons (Fsp3) is 0.333. The molecule has 1 aromatic carbocycles. The van der Waals surface area contributed by atoms with Crippen LogP contribution in [0.1, 0.15) is 28.7 Å². The molecule has 1 aliphatic rings. The van der Waals surface area contributed by atoms with E-state index >= 15 is 0 Å². The van der Waals surface area contributed by atoms with Crippen molar-refractivity contribution in [2.24, 2.45) is 0 Å². The second-order valence-corrected chi connectivity index (χ2v) is 7.34. The predicted molar refractivity (Wildman–Crippen MR) is 106 cm³/mol. The van der Waals surface area contributed by atoms with E-state index in [2.05, 4.69) is 20.2 Å². The molecule has 1 amide bonds. The molecule has 29 heavy (non-hydrogen) atoms. The van der Waals surface area contributed by atoms with Crippen LogP contribution >= 0.6 is 0 Å². The topological polar surface area (TPSA) is 67.2 Å². The molecule has 1 atom stereocenters. The summed E-state index contributed by atoms with van der Waals surface area (Å²) in [6.07, 6.45) is 3.42. The Morgan fingerprint density at radius 3 is 2.83 bits per heavy atom. The van der Waals surface area contributed by atoms with Crippen LogP contribution in [-0.4, -0.2) is 61.4 Å². The maximum atomic E-state index is 13.3. The van der Waals surface area contributed by atoms with Crippen molar-refractivity contribution in [2.45, 2.75) is 26.1 Å². The molecule has 0 unspecified atom stereocenters. The molecular weight excluding hydrogens is 371 g/mol. The lowest BCUT2D eigenvalue weighted by Gasteiger charge is -2.39. The van der Waals surface area contributed by atoms with Gasteiger partial charge in [0.25, 0.3) is 5.91 Å². The van der Waals surface area contributed by atoms with Crippen LogP contribution in [0.4, 0.5) is 4.39 Å². The SMILES string of the molecule is C[C@H]1CN(Cc2ccccn2)CCN1C(=O)c1cn(Cc2cccc(F)c2)nn1. The number of amides is 1. The molecule has 150 valence electrons. The minimum absolute atomic E-state index is 0.0633. The third kappa shape index (κ3) is 4.65. The number of piperazine rings is 1. The molecule has 8 heteroatoms. The van der Waals surface area contributed by atoms with E-state index in [1.54, 1.807) is 23.1 Å². The highest BCUT2D eigenvalue weighted by molar-refractivity contribution is 5.92. The second-order valence-electron chi connectivity index (χ2n) is 7.34. The molecule has 0 radical (unpaired) electrons. The standard InChI is InChI=1S/C21H23FN6O/c1-16-12-26(14-19-7-2-3-8-23-19)9-10-28(16)21(29)20-15-27(25-24-20)13-17-5-4-6-18(22)11-17/h2-8,11,15-16H,9-10,12-14H2,1H3/t16-/m0/s1. The van der Waals surface area contributed by atoms with Gasteiger partial charge in [-0.25, -0.2) is 9.07 Å². The maximum Gasteiger partial charge on any atom is 0.276 e. The fourth-order valence-electron chi connectivity index (χ4n) is 3.64. The van der Waals surface area contributed by atoms with E-state index in [1.165, 1.54) is 12.1 Å². The van der Waals surface area contributed by atoms with Crippen molar-refractivity contribution in [3.8, 4) is 0 Å². The summed E-state index contributed by atoms with van der Waals surface area (Å²) in [6, 6.07) is 12.3. The summed E-state index contributed by atoms with van der Waals surface area (Å²) < 4.78 is 14.9. The van der Waals surface area contributed by atoms with E-state index in [1.807, 2.05) is 36.1 Å². The average Bonchev–Trinajstić information content (AvgIpc) is 3.17. The van der Waals surface area contributed by atoms with Crippen LogP contribution < -0.4 is 0 Å². The molecule has 0 saturated carbocycles. The Hall–Kier alpha value is -3.13. The Morgan fingerprint density at radius 2 is 2.07 bits per heavy atom. The minimum Gasteiger partial charge on any atom is -0.332 e. The van der Waals surface area contributed by atoms with Crippen molar-refractivity contribution < 1.29 is 9.18 Å². The number of halogens is 1. The van der Waals surface area contributed by atoms with E-state index < -0.39 is 0 Å². The van der Waals surface area contributed by atoms with Crippen LogP contribution in [0.5, 0.6) is 0 Å². The third-order valence-corrected chi connectivity index (χ3v) is 5.08. The van der Waals surface area contributed by atoms with E-state index in [4.69, 9.17) is 0 Å². The van der Waals surface area contributed by atoms with Crippen LogP contribution in [0.15, 0.2) is 54.9 Å². The Balaban J connectivity index is 1.37. The first-order valence-corrected chi connectivity index (χ1v) is 9.66. The van der Waals surface area contributed by atoms with E-state index in [0.717, 1.165) is 30.9 Å². The zero-order chi connectivity index (χ0) is 20.2. The number of hydrogen-bond acceptors (Lipinski definition) is 5. The Kier molecular flexibility index (Phi) is 5.62. The molecule has 0 aliphatic carbocycles. The average molecular weight is 394 g/mol. The van der Waals surface area contributed by atoms with Gasteiger partial charge in [-0.1, -0.05) is 23.4 Å². The number of nitrogens with zero attached hydrogens (tertiary/aromatic N) is 6. The molecule has 7 nitrogen and oxygen atoms in total. The first-order chi connectivity index (χ1) is 14.1. The van der Waals surface area contributed by atoms with Gasteiger partial charge in [0, 0.05) is 38.4 Å². The van der Waals surface area contributed by atoms with Gasteiger partial charge in [-0.2, -0.15) is 0 Å². The van der Waals surface area contributed by atoms with Gasteiger partial charge in [0.05, 0.1) is 18.4 Å². The van der Waals surface area contributed by atoms with Gasteiger partial charge in [-0.15, -0.1) is 5.10 Å². The first kappa shape index (κ1) is 19.2. The van der Waals surface area contributed by atoms with Crippen molar-refractivity contribution in [1.29, 1.82) is 0 Å². The number of hydrogen-bond donors (Lipinski definition) is 0. The predicted octanol–water partition coefficient (Wildman–Crippen LogP) is 2.21. The van der Waals surface area contributed by atoms with E-state index in [9.17, 15) is 9.18 Å². The second kappa shape index (κ2) is 8.48. The number of benzene rings is 1. The smallest absolute Gasteiger partial charge is 0.276 e. The van der Waals surface area contributed by atoms with E-state index in [-0.39, 0.29) is 17.8 Å². The van der Waals surface area contributed by atoms with Crippen molar-refractivity contribution in [3.05, 3.63) is 77.6 Å². The lowest BCUT2D eigenvalue weighted by molar-refractivity contribution is 0.0467. The normalized spacial score (nSPS) is 17.4.